The van der Waals surface area contributed by atoms with Gasteiger partial charge in [0.25, 0.3) is 5.91 Å². The number of imidazole rings is 1. The Morgan fingerprint density at radius 2 is 2.09 bits per heavy atom. The molecule has 0 saturated heterocycles. The highest BCUT2D eigenvalue weighted by Gasteiger charge is 2.10. The van der Waals surface area contributed by atoms with Gasteiger partial charge in [0.1, 0.15) is 5.82 Å². The summed E-state index contributed by atoms with van der Waals surface area (Å²) < 4.78 is 15.8. The van der Waals surface area contributed by atoms with Gasteiger partial charge < -0.3 is 9.88 Å². The molecule has 3 rings (SSSR count). The van der Waals surface area contributed by atoms with Crippen LogP contribution in [0.5, 0.6) is 0 Å². The number of benzene rings is 2. The smallest absolute Gasteiger partial charge is 0.255 e. The molecule has 0 aliphatic heterocycles. The van der Waals surface area contributed by atoms with Crippen molar-refractivity contribution in [2.75, 3.05) is 5.32 Å². The monoisotopic (exact) mass is 441 g/mol. The Labute approximate surface area is 150 Å². The number of nitrogens with zero attached hydrogens (tertiary/aromatic N) is 2. The summed E-state index contributed by atoms with van der Waals surface area (Å²) in [7, 11) is 0. The Bertz CT molecular complexity index is 868. The molecule has 0 unspecified atom stereocenters. The Balaban J connectivity index is 1.81. The molecule has 7 heteroatoms. The molecular weight excluding hydrogens is 432 g/mol. The molecule has 4 nitrogen and oxygen atoms in total. The number of anilines is 1. The third-order valence-corrected chi connectivity index (χ3v) is 4.35. The molecule has 0 atom stereocenters. The molecule has 0 spiro atoms. The summed E-state index contributed by atoms with van der Waals surface area (Å²) in [6.45, 7) is 0. The zero-order valence-corrected chi connectivity index (χ0v) is 14.5. The highest BCUT2D eigenvalue weighted by Crippen LogP contribution is 2.24. The molecule has 0 saturated carbocycles. The van der Waals surface area contributed by atoms with Crippen molar-refractivity contribution in [1.29, 1.82) is 0 Å². The molecule has 0 radical (unpaired) electrons. The standard InChI is InChI=1S/C16H10ClFIN3O/c17-12-8-11(2-4-15(12)22-6-5-20-9-22)21-16(23)10-1-3-14(19)13(18)7-10/h1-9H,(H,21,23). The van der Waals surface area contributed by atoms with Gasteiger partial charge in [-0.05, 0) is 59.0 Å². The van der Waals surface area contributed by atoms with Crippen LogP contribution >= 0.6 is 34.2 Å². The Morgan fingerprint density at radius 3 is 2.74 bits per heavy atom. The van der Waals surface area contributed by atoms with Gasteiger partial charge in [0, 0.05) is 27.2 Å². The predicted octanol–water partition coefficient (Wildman–Crippen LogP) is 4.52. The minimum atomic E-state index is -0.424. The van der Waals surface area contributed by atoms with Crippen LogP contribution in [0.25, 0.3) is 5.69 Å². The van der Waals surface area contributed by atoms with Crippen molar-refractivity contribution in [3.63, 3.8) is 0 Å². The average molecular weight is 442 g/mol. The van der Waals surface area contributed by atoms with E-state index in [9.17, 15) is 9.18 Å². The number of carbonyl (C=O) groups is 1. The molecule has 0 bridgehead atoms. The van der Waals surface area contributed by atoms with E-state index in [0.717, 1.165) is 5.69 Å². The van der Waals surface area contributed by atoms with Crippen LogP contribution in [-0.2, 0) is 0 Å². The zero-order chi connectivity index (χ0) is 16.4. The topological polar surface area (TPSA) is 46.9 Å². The van der Waals surface area contributed by atoms with Gasteiger partial charge in [0.05, 0.1) is 17.0 Å². The molecule has 0 aliphatic rings. The van der Waals surface area contributed by atoms with Crippen LogP contribution in [0.1, 0.15) is 10.4 Å². The summed E-state index contributed by atoms with van der Waals surface area (Å²) in [5.41, 5.74) is 1.53. The quantitative estimate of drug-likeness (QED) is 0.608. The van der Waals surface area contributed by atoms with Crippen LogP contribution in [0.4, 0.5) is 10.1 Å². The predicted molar refractivity (Wildman–Crippen MR) is 95.6 cm³/mol. The van der Waals surface area contributed by atoms with Crippen molar-refractivity contribution >= 4 is 45.8 Å². The Hall–Kier alpha value is -1.93. The van der Waals surface area contributed by atoms with E-state index in [0.29, 0.717) is 14.3 Å². The molecule has 0 aliphatic carbocycles. The molecule has 116 valence electrons. The first-order valence-corrected chi connectivity index (χ1v) is 8.04. The number of hydrogen-bond acceptors (Lipinski definition) is 2. The van der Waals surface area contributed by atoms with Crippen LogP contribution in [0.3, 0.4) is 0 Å². The number of halogens is 3. The molecule has 1 N–H and O–H groups in total. The molecule has 1 heterocycles. The van der Waals surface area contributed by atoms with Crippen molar-refractivity contribution < 1.29 is 9.18 Å². The molecule has 23 heavy (non-hydrogen) atoms. The molecule has 1 aromatic heterocycles. The van der Waals surface area contributed by atoms with E-state index in [1.807, 2.05) is 22.6 Å². The Morgan fingerprint density at radius 1 is 1.26 bits per heavy atom. The third kappa shape index (κ3) is 3.53. The fourth-order valence-corrected chi connectivity index (χ4v) is 2.65. The second-order valence-corrected chi connectivity index (χ2v) is 6.29. The lowest BCUT2D eigenvalue weighted by Crippen LogP contribution is -2.12. The number of carbonyl (C=O) groups excluding carboxylic acids is 1. The third-order valence-electron chi connectivity index (χ3n) is 3.17. The fourth-order valence-electron chi connectivity index (χ4n) is 2.04. The van der Waals surface area contributed by atoms with Crippen molar-refractivity contribution in [2.45, 2.75) is 0 Å². The van der Waals surface area contributed by atoms with Crippen molar-refractivity contribution in [3.05, 3.63) is 75.1 Å². The maximum Gasteiger partial charge on any atom is 0.255 e. The normalized spacial score (nSPS) is 10.6. The van der Waals surface area contributed by atoms with E-state index in [-0.39, 0.29) is 5.56 Å². The van der Waals surface area contributed by atoms with Gasteiger partial charge in [-0.3, -0.25) is 4.79 Å². The summed E-state index contributed by atoms with van der Waals surface area (Å²) in [4.78, 5) is 16.1. The maximum atomic E-state index is 13.5. The summed E-state index contributed by atoms with van der Waals surface area (Å²) in [6, 6.07) is 9.47. The van der Waals surface area contributed by atoms with E-state index in [2.05, 4.69) is 10.3 Å². The average Bonchev–Trinajstić information content (AvgIpc) is 3.04. The number of nitrogens with one attached hydrogen (secondary N) is 1. The summed E-state index contributed by atoms with van der Waals surface area (Å²) >= 11 is 8.10. The highest BCUT2D eigenvalue weighted by atomic mass is 127. The van der Waals surface area contributed by atoms with Crippen molar-refractivity contribution in [3.8, 4) is 5.69 Å². The molecule has 1 amide bonds. The van der Waals surface area contributed by atoms with Gasteiger partial charge in [-0.1, -0.05) is 11.6 Å². The number of rotatable bonds is 3. The van der Waals surface area contributed by atoms with E-state index in [1.54, 1.807) is 53.6 Å². The molecule has 0 fully saturated rings. The van der Waals surface area contributed by atoms with Gasteiger partial charge in [-0.15, -0.1) is 0 Å². The van der Waals surface area contributed by atoms with Gasteiger partial charge in [0.15, 0.2) is 0 Å². The first kappa shape index (κ1) is 15.9. The molecular formula is C16H10ClFIN3O. The van der Waals surface area contributed by atoms with Gasteiger partial charge in [-0.25, -0.2) is 9.37 Å². The van der Waals surface area contributed by atoms with E-state index in [4.69, 9.17) is 11.6 Å². The SMILES string of the molecule is O=C(Nc1ccc(-n2ccnc2)c(Cl)c1)c1ccc(I)c(F)c1. The summed E-state index contributed by atoms with van der Waals surface area (Å²) in [5.74, 6) is -0.821. The summed E-state index contributed by atoms with van der Waals surface area (Å²) in [6.07, 6.45) is 5.05. The number of hydrogen-bond donors (Lipinski definition) is 1. The van der Waals surface area contributed by atoms with Gasteiger partial charge >= 0.3 is 0 Å². The van der Waals surface area contributed by atoms with E-state index < -0.39 is 11.7 Å². The summed E-state index contributed by atoms with van der Waals surface area (Å²) in [5, 5.41) is 3.17. The fraction of sp³-hybridized carbons (Fsp3) is 0. The van der Waals surface area contributed by atoms with Crippen LogP contribution in [0.2, 0.25) is 5.02 Å². The lowest BCUT2D eigenvalue weighted by molar-refractivity contribution is 0.102. The first-order valence-electron chi connectivity index (χ1n) is 6.59. The minimum absolute atomic E-state index is 0.248. The second kappa shape index (κ2) is 6.67. The second-order valence-electron chi connectivity index (χ2n) is 4.72. The zero-order valence-electron chi connectivity index (χ0n) is 11.6. The van der Waals surface area contributed by atoms with E-state index >= 15 is 0 Å². The lowest BCUT2D eigenvalue weighted by atomic mass is 10.2. The van der Waals surface area contributed by atoms with Crippen molar-refractivity contribution in [1.82, 2.24) is 9.55 Å². The van der Waals surface area contributed by atoms with Crippen LogP contribution in [0, 0.1) is 9.39 Å². The lowest BCUT2D eigenvalue weighted by Gasteiger charge is -2.09. The molecule has 3 aromatic rings. The number of aromatic nitrogens is 2. The van der Waals surface area contributed by atoms with Crippen LogP contribution in [0.15, 0.2) is 55.1 Å². The Kier molecular flexibility index (Phi) is 4.63. The minimum Gasteiger partial charge on any atom is -0.322 e. The first-order chi connectivity index (χ1) is 11.0. The largest absolute Gasteiger partial charge is 0.322 e. The van der Waals surface area contributed by atoms with Crippen molar-refractivity contribution in [2.24, 2.45) is 0 Å². The van der Waals surface area contributed by atoms with Crippen LogP contribution in [-0.4, -0.2) is 15.5 Å². The van der Waals surface area contributed by atoms with Crippen LogP contribution < -0.4 is 5.32 Å². The number of amides is 1. The highest BCUT2D eigenvalue weighted by molar-refractivity contribution is 14.1. The maximum absolute atomic E-state index is 13.5. The van der Waals surface area contributed by atoms with E-state index in [1.165, 1.54) is 6.07 Å². The van der Waals surface area contributed by atoms with Gasteiger partial charge in [-0.2, -0.15) is 0 Å². The molecule has 2 aromatic carbocycles. The van der Waals surface area contributed by atoms with Gasteiger partial charge in [0.2, 0.25) is 0 Å².